The average Bonchev–Trinajstić information content (AvgIpc) is 2.54. The molecule has 150 valence electrons. The summed E-state index contributed by atoms with van der Waals surface area (Å²) in [6, 6.07) is 4.98. The molecule has 7 heteroatoms. The molecule has 0 aromatic heterocycles. The van der Waals surface area contributed by atoms with E-state index in [0.29, 0.717) is 23.7 Å². The third kappa shape index (κ3) is 8.66. The van der Waals surface area contributed by atoms with Crippen LogP contribution in [0, 0.1) is 5.41 Å². The third-order valence-electron chi connectivity index (χ3n) is 3.31. The van der Waals surface area contributed by atoms with Crippen LogP contribution in [0.25, 0.3) is 6.08 Å². The Morgan fingerprint density at radius 3 is 2.37 bits per heavy atom. The predicted molar refractivity (Wildman–Crippen MR) is 99.8 cm³/mol. The minimum atomic E-state index is -4.46. The number of nitrogens with zero attached hydrogens (tertiary/aromatic N) is 1. The smallest absolute Gasteiger partial charge is 0.406 e. The van der Waals surface area contributed by atoms with Gasteiger partial charge in [0, 0.05) is 12.6 Å². The number of rotatable bonds is 8. The van der Waals surface area contributed by atoms with Gasteiger partial charge in [-0.1, -0.05) is 39.5 Å². The molecular weight excluding hydrogens is 359 g/mol. The summed E-state index contributed by atoms with van der Waals surface area (Å²) >= 11 is 0. The summed E-state index contributed by atoms with van der Waals surface area (Å²) in [7, 11) is 1.48. The Labute approximate surface area is 158 Å². The largest absolute Gasteiger partial charge is 0.493 e. The van der Waals surface area contributed by atoms with E-state index in [2.05, 4.69) is 6.58 Å². The predicted octanol–water partition coefficient (Wildman–Crippen LogP) is 4.71. The van der Waals surface area contributed by atoms with Crippen LogP contribution in [0.2, 0.25) is 0 Å². The third-order valence-corrected chi connectivity index (χ3v) is 3.31. The normalized spacial score (nSPS) is 12.1. The lowest BCUT2D eigenvalue weighted by Crippen LogP contribution is -2.42. The van der Waals surface area contributed by atoms with Gasteiger partial charge in [-0.2, -0.15) is 13.2 Å². The molecule has 0 saturated heterocycles. The van der Waals surface area contributed by atoms with Crippen LogP contribution in [-0.4, -0.2) is 43.8 Å². The van der Waals surface area contributed by atoms with E-state index in [1.807, 2.05) is 0 Å². The Balaban J connectivity index is 2.96. The van der Waals surface area contributed by atoms with Crippen molar-refractivity contribution in [2.75, 3.05) is 26.8 Å². The van der Waals surface area contributed by atoms with Crippen LogP contribution in [0.4, 0.5) is 13.2 Å². The first-order valence-corrected chi connectivity index (χ1v) is 8.40. The van der Waals surface area contributed by atoms with Crippen LogP contribution >= 0.6 is 0 Å². The maximum atomic E-state index is 12.8. The zero-order valence-electron chi connectivity index (χ0n) is 16.1. The molecule has 0 spiro atoms. The zero-order valence-corrected chi connectivity index (χ0v) is 16.1. The average molecular weight is 385 g/mol. The summed E-state index contributed by atoms with van der Waals surface area (Å²) in [4.78, 5) is 13.1. The minimum Gasteiger partial charge on any atom is -0.493 e. The molecule has 1 aromatic rings. The first kappa shape index (κ1) is 22.6. The molecule has 4 nitrogen and oxygen atoms in total. The number of amides is 1. The highest BCUT2D eigenvalue weighted by Crippen LogP contribution is 2.28. The van der Waals surface area contributed by atoms with Gasteiger partial charge < -0.3 is 14.4 Å². The quantitative estimate of drug-likeness (QED) is 0.481. The van der Waals surface area contributed by atoms with E-state index in [4.69, 9.17) is 9.47 Å². The van der Waals surface area contributed by atoms with Crippen LogP contribution in [0.5, 0.6) is 11.5 Å². The first-order chi connectivity index (χ1) is 12.4. The molecule has 0 aliphatic heterocycles. The monoisotopic (exact) mass is 385 g/mol. The lowest BCUT2D eigenvalue weighted by atomic mass is 9.96. The molecule has 0 heterocycles. The molecule has 1 aromatic carbocycles. The van der Waals surface area contributed by atoms with Gasteiger partial charge >= 0.3 is 6.18 Å². The Hall–Kier alpha value is -2.44. The summed E-state index contributed by atoms with van der Waals surface area (Å²) in [5, 5.41) is 0. The first-order valence-electron chi connectivity index (χ1n) is 8.40. The Kier molecular flexibility index (Phi) is 7.94. The number of carbonyl (C=O) groups is 1. The Bertz CT molecular complexity index is 660. The molecular formula is C20H26F3NO3. The summed E-state index contributed by atoms with van der Waals surface area (Å²) in [5.74, 6) is 0.258. The number of carbonyl (C=O) groups excluding carboxylic acids is 1. The number of hydrogen-bond donors (Lipinski definition) is 0. The van der Waals surface area contributed by atoms with Gasteiger partial charge in [0.15, 0.2) is 11.5 Å². The van der Waals surface area contributed by atoms with Crippen molar-refractivity contribution in [2.45, 2.75) is 26.9 Å². The standard InChI is InChI=1S/C20H26F3NO3/c1-6-11-27-16-9-7-15(12-17(16)26-5)8-10-18(25)24(13-19(2,3)4)14-20(21,22)23/h6-10,12H,1,11,13-14H2,2-5H3/b10-8+. The fourth-order valence-electron chi connectivity index (χ4n) is 2.33. The van der Waals surface area contributed by atoms with E-state index < -0.39 is 24.0 Å². The van der Waals surface area contributed by atoms with Crippen molar-refractivity contribution in [1.29, 1.82) is 0 Å². The highest BCUT2D eigenvalue weighted by atomic mass is 19.4. The second-order valence-corrected chi connectivity index (χ2v) is 7.21. The highest BCUT2D eigenvalue weighted by molar-refractivity contribution is 5.92. The Morgan fingerprint density at radius 1 is 1.19 bits per heavy atom. The van der Waals surface area contributed by atoms with E-state index in [9.17, 15) is 18.0 Å². The van der Waals surface area contributed by atoms with Gasteiger partial charge in [0.05, 0.1) is 7.11 Å². The lowest BCUT2D eigenvalue weighted by molar-refractivity contribution is -0.160. The van der Waals surface area contributed by atoms with E-state index in [-0.39, 0.29) is 6.54 Å². The van der Waals surface area contributed by atoms with Gasteiger partial charge in [-0.25, -0.2) is 0 Å². The molecule has 0 fully saturated rings. The molecule has 0 bridgehead atoms. The second-order valence-electron chi connectivity index (χ2n) is 7.21. The number of alkyl halides is 3. The molecule has 0 aliphatic carbocycles. The molecule has 0 N–H and O–H groups in total. The van der Waals surface area contributed by atoms with Gasteiger partial charge in [0.25, 0.3) is 0 Å². The lowest BCUT2D eigenvalue weighted by Gasteiger charge is -2.29. The topological polar surface area (TPSA) is 38.8 Å². The number of halogens is 3. The molecule has 1 rings (SSSR count). The minimum absolute atomic E-state index is 0.00661. The van der Waals surface area contributed by atoms with Crippen molar-refractivity contribution in [3.8, 4) is 11.5 Å². The van der Waals surface area contributed by atoms with E-state index in [1.54, 1.807) is 45.0 Å². The van der Waals surface area contributed by atoms with Crippen LogP contribution in [0.15, 0.2) is 36.9 Å². The van der Waals surface area contributed by atoms with Crippen LogP contribution < -0.4 is 9.47 Å². The van der Waals surface area contributed by atoms with Gasteiger partial charge in [-0.3, -0.25) is 4.79 Å². The number of hydrogen-bond acceptors (Lipinski definition) is 3. The van der Waals surface area contributed by atoms with Crippen LogP contribution in [-0.2, 0) is 4.79 Å². The number of ether oxygens (including phenoxy) is 2. The number of benzene rings is 1. The number of methoxy groups -OCH3 is 1. The van der Waals surface area contributed by atoms with E-state index in [0.717, 1.165) is 11.0 Å². The van der Waals surface area contributed by atoms with Gasteiger partial charge in [0.1, 0.15) is 13.2 Å². The molecule has 0 saturated carbocycles. The van der Waals surface area contributed by atoms with Crippen LogP contribution in [0.1, 0.15) is 26.3 Å². The molecule has 0 aliphatic rings. The molecule has 0 unspecified atom stereocenters. The fraction of sp³-hybridized carbons (Fsp3) is 0.450. The Morgan fingerprint density at radius 2 is 1.85 bits per heavy atom. The van der Waals surface area contributed by atoms with Crippen molar-refractivity contribution in [3.63, 3.8) is 0 Å². The van der Waals surface area contributed by atoms with E-state index in [1.165, 1.54) is 13.2 Å². The summed E-state index contributed by atoms with van der Waals surface area (Å²) in [6.45, 7) is 7.91. The van der Waals surface area contributed by atoms with Crippen molar-refractivity contribution in [2.24, 2.45) is 5.41 Å². The summed E-state index contributed by atoms with van der Waals surface area (Å²) < 4.78 is 49.1. The van der Waals surface area contributed by atoms with Gasteiger partial charge in [-0.15, -0.1) is 0 Å². The van der Waals surface area contributed by atoms with Crippen molar-refractivity contribution in [1.82, 2.24) is 4.90 Å². The molecule has 27 heavy (non-hydrogen) atoms. The molecule has 0 radical (unpaired) electrons. The van der Waals surface area contributed by atoms with Crippen LogP contribution in [0.3, 0.4) is 0 Å². The SMILES string of the molecule is C=CCOc1ccc(/C=C/C(=O)N(CC(C)(C)C)CC(F)(F)F)cc1OC. The second kappa shape index (κ2) is 9.48. The van der Waals surface area contributed by atoms with Crippen molar-refractivity contribution in [3.05, 3.63) is 42.5 Å². The van der Waals surface area contributed by atoms with Gasteiger partial charge in [-0.05, 0) is 29.2 Å². The molecule has 1 amide bonds. The van der Waals surface area contributed by atoms with E-state index >= 15 is 0 Å². The van der Waals surface area contributed by atoms with Gasteiger partial charge in [0.2, 0.25) is 5.91 Å². The maximum absolute atomic E-state index is 12.8. The highest BCUT2D eigenvalue weighted by Gasteiger charge is 2.34. The zero-order chi connectivity index (χ0) is 20.7. The van der Waals surface area contributed by atoms with Crippen molar-refractivity contribution < 1.29 is 27.4 Å². The summed E-state index contributed by atoms with van der Waals surface area (Å²) in [6.07, 6.45) is -0.275. The van der Waals surface area contributed by atoms with Crippen molar-refractivity contribution >= 4 is 12.0 Å². The molecule has 0 atom stereocenters. The fourth-order valence-corrected chi connectivity index (χ4v) is 2.33. The summed E-state index contributed by atoms with van der Waals surface area (Å²) in [5.41, 5.74) is 0.149. The maximum Gasteiger partial charge on any atom is 0.406 e.